The highest BCUT2D eigenvalue weighted by Crippen LogP contribution is 2.30. The van der Waals surface area contributed by atoms with Crippen LogP contribution in [0.2, 0.25) is 0 Å². The molecule has 0 aromatic carbocycles. The van der Waals surface area contributed by atoms with E-state index < -0.39 is 42.4 Å². The van der Waals surface area contributed by atoms with E-state index in [1.807, 2.05) is 13.8 Å². The van der Waals surface area contributed by atoms with Crippen LogP contribution < -0.4 is 11.2 Å². The van der Waals surface area contributed by atoms with Crippen LogP contribution in [0.4, 0.5) is 0 Å². The van der Waals surface area contributed by atoms with Crippen molar-refractivity contribution < 1.29 is 20.1 Å². The molecule has 144 valence electrons. The molecule has 2 aromatic rings. The summed E-state index contributed by atoms with van der Waals surface area (Å²) in [4.78, 5) is 29.8. The SMILES string of the molecule is CCCn1c(=O)c2c(ncn2C2O[C@H](CO)[C@@H](O)[C@H]2O)n(CCC)c1=O. The van der Waals surface area contributed by atoms with Gasteiger partial charge in [0.25, 0.3) is 5.56 Å². The number of hydrogen-bond donors (Lipinski definition) is 3. The van der Waals surface area contributed by atoms with E-state index >= 15 is 0 Å². The summed E-state index contributed by atoms with van der Waals surface area (Å²) < 4.78 is 9.43. The zero-order valence-corrected chi connectivity index (χ0v) is 14.8. The number of ether oxygens (including phenoxy) is 1. The lowest BCUT2D eigenvalue weighted by Crippen LogP contribution is -2.41. The van der Waals surface area contributed by atoms with Gasteiger partial charge >= 0.3 is 5.69 Å². The van der Waals surface area contributed by atoms with Crippen molar-refractivity contribution in [2.45, 2.75) is 64.3 Å². The molecule has 1 aliphatic heterocycles. The van der Waals surface area contributed by atoms with E-state index in [4.69, 9.17) is 4.74 Å². The molecule has 3 N–H and O–H groups in total. The quantitative estimate of drug-likeness (QED) is 0.583. The second-order valence-corrected chi connectivity index (χ2v) is 6.44. The Morgan fingerprint density at radius 3 is 2.35 bits per heavy atom. The standard InChI is InChI=1S/C16H24N4O6/c1-3-5-18-13-10(14(24)19(6-4-2)16(18)25)20(8-17-13)15-12(23)11(22)9(7-21)26-15/h8-9,11-12,15,21-23H,3-7H2,1-2H3/t9-,11-,12-,15?/m1/s1. The minimum atomic E-state index is -1.34. The normalized spacial score (nSPS) is 26.0. The molecule has 1 saturated heterocycles. The maximum Gasteiger partial charge on any atom is 0.332 e. The van der Waals surface area contributed by atoms with Crippen LogP contribution in [0.1, 0.15) is 32.9 Å². The van der Waals surface area contributed by atoms with Crippen molar-refractivity contribution in [3.63, 3.8) is 0 Å². The van der Waals surface area contributed by atoms with Crippen LogP contribution in [0.3, 0.4) is 0 Å². The van der Waals surface area contributed by atoms with Crippen LogP contribution >= 0.6 is 0 Å². The maximum absolute atomic E-state index is 12.9. The highest BCUT2D eigenvalue weighted by molar-refractivity contribution is 5.70. The molecular weight excluding hydrogens is 344 g/mol. The zero-order valence-electron chi connectivity index (χ0n) is 14.8. The molecular formula is C16H24N4O6. The molecule has 1 aliphatic rings. The summed E-state index contributed by atoms with van der Waals surface area (Å²) >= 11 is 0. The molecule has 0 spiro atoms. The Hall–Kier alpha value is -2.01. The third-order valence-corrected chi connectivity index (χ3v) is 4.63. The molecule has 3 heterocycles. The minimum absolute atomic E-state index is 0.126. The first kappa shape index (κ1) is 18.8. The highest BCUT2D eigenvalue weighted by atomic mass is 16.6. The topological polar surface area (TPSA) is 132 Å². The monoisotopic (exact) mass is 368 g/mol. The van der Waals surface area contributed by atoms with E-state index in [1.165, 1.54) is 15.5 Å². The Morgan fingerprint density at radius 1 is 1.12 bits per heavy atom. The number of aliphatic hydroxyl groups excluding tert-OH is 3. The number of aliphatic hydroxyl groups is 3. The molecule has 3 rings (SSSR count). The van der Waals surface area contributed by atoms with Crippen molar-refractivity contribution >= 4 is 11.2 Å². The maximum atomic E-state index is 12.9. The highest BCUT2D eigenvalue weighted by Gasteiger charge is 2.44. The summed E-state index contributed by atoms with van der Waals surface area (Å²) in [5, 5.41) is 29.5. The Morgan fingerprint density at radius 2 is 1.77 bits per heavy atom. The van der Waals surface area contributed by atoms with Crippen molar-refractivity contribution in [1.29, 1.82) is 0 Å². The van der Waals surface area contributed by atoms with Crippen molar-refractivity contribution in [2.75, 3.05) is 6.61 Å². The fourth-order valence-electron chi connectivity index (χ4n) is 3.35. The Bertz CT molecular complexity index is 901. The van der Waals surface area contributed by atoms with E-state index in [2.05, 4.69) is 4.98 Å². The zero-order chi connectivity index (χ0) is 19.0. The third-order valence-electron chi connectivity index (χ3n) is 4.63. The first-order valence-corrected chi connectivity index (χ1v) is 8.78. The number of rotatable bonds is 6. The Balaban J connectivity index is 2.23. The van der Waals surface area contributed by atoms with Crippen LogP contribution in [0.25, 0.3) is 11.2 Å². The number of aryl methyl sites for hydroxylation is 1. The van der Waals surface area contributed by atoms with Gasteiger partial charge < -0.3 is 20.1 Å². The first-order chi connectivity index (χ1) is 12.5. The van der Waals surface area contributed by atoms with Gasteiger partial charge in [0.15, 0.2) is 17.4 Å². The van der Waals surface area contributed by atoms with Gasteiger partial charge in [0.2, 0.25) is 0 Å². The van der Waals surface area contributed by atoms with Gasteiger partial charge in [0, 0.05) is 13.1 Å². The Kier molecular flexibility index (Phi) is 5.28. The van der Waals surface area contributed by atoms with Crippen LogP contribution in [0.15, 0.2) is 15.9 Å². The molecule has 0 aliphatic carbocycles. The number of nitrogens with zero attached hydrogens (tertiary/aromatic N) is 4. The third kappa shape index (κ3) is 2.78. The van der Waals surface area contributed by atoms with Gasteiger partial charge in [-0.05, 0) is 12.8 Å². The van der Waals surface area contributed by atoms with E-state index in [1.54, 1.807) is 0 Å². The van der Waals surface area contributed by atoms with Gasteiger partial charge in [0.05, 0.1) is 12.9 Å². The van der Waals surface area contributed by atoms with E-state index in [9.17, 15) is 24.9 Å². The van der Waals surface area contributed by atoms with Crippen LogP contribution in [-0.4, -0.2) is 58.9 Å². The van der Waals surface area contributed by atoms with Crippen molar-refractivity contribution in [1.82, 2.24) is 18.7 Å². The van der Waals surface area contributed by atoms with Crippen molar-refractivity contribution in [3.8, 4) is 0 Å². The molecule has 4 atom stereocenters. The number of hydrogen-bond acceptors (Lipinski definition) is 7. The van der Waals surface area contributed by atoms with E-state index in [0.29, 0.717) is 19.4 Å². The van der Waals surface area contributed by atoms with Gasteiger partial charge in [-0.1, -0.05) is 13.8 Å². The van der Waals surface area contributed by atoms with Crippen molar-refractivity contribution in [3.05, 3.63) is 27.2 Å². The molecule has 0 bridgehead atoms. The Labute approximate surface area is 148 Å². The van der Waals surface area contributed by atoms with Gasteiger partial charge in [-0.3, -0.25) is 18.5 Å². The van der Waals surface area contributed by atoms with Gasteiger partial charge in [0.1, 0.15) is 18.3 Å². The number of aromatic nitrogens is 4. The average Bonchev–Trinajstić information content (AvgIpc) is 3.18. The van der Waals surface area contributed by atoms with E-state index in [-0.39, 0.29) is 17.7 Å². The summed E-state index contributed by atoms with van der Waals surface area (Å²) in [5.74, 6) is 0. The van der Waals surface area contributed by atoms with E-state index in [0.717, 1.165) is 4.57 Å². The fourth-order valence-corrected chi connectivity index (χ4v) is 3.35. The summed E-state index contributed by atoms with van der Waals surface area (Å²) in [6.07, 6.45) is -2.07. The smallest absolute Gasteiger partial charge is 0.332 e. The number of imidazole rings is 1. The van der Waals surface area contributed by atoms with Crippen molar-refractivity contribution in [2.24, 2.45) is 0 Å². The molecule has 10 heteroatoms. The summed E-state index contributed by atoms with van der Waals surface area (Å²) in [6.45, 7) is 3.97. The van der Waals surface area contributed by atoms with Gasteiger partial charge in [-0.25, -0.2) is 9.78 Å². The van der Waals surface area contributed by atoms with Gasteiger partial charge in [-0.2, -0.15) is 0 Å². The largest absolute Gasteiger partial charge is 0.394 e. The molecule has 1 fully saturated rings. The average molecular weight is 368 g/mol. The second kappa shape index (κ2) is 7.31. The lowest BCUT2D eigenvalue weighted by atomic mass is 10.1. The molecule has 10 nitrogen and oxygen atoms in total. The predicted molar refractivity (Wildman–Crippen MR) is 91.8 cm³/mol. The molecule has 1 unspecified atom stereocenters. The fraction of sp³-hybridized carbons (Fsp3) is 0.688. The van der Waals surface area contributed by atoms with Crippen LogP contribution in [0.5, 0.6) is 0 Å². The lowest BCUT2D eigenvalue weighted by Gasteiger charge is -2.17. The predicted octanol–water partition coefficient (Wildman–Crippen LogP) is -1.21. The van der Waals surface area contributed by atoms with Crippen LogP contribution in [0, 0.1) is 0 Å². The molecule has 0 saturated carbocycles. The summed E-state index contributed by atoms with van der Waals surface area (Å²) in [6, 6.07) is 0. The molecule has 2 aromatic heterocycles. The van der Waals surface area contributed by atoms with Crippen LogP contribution in [-0.2, 0) is 17.8 Å². The number of fused-ring (bicyclic) bond motifs is 1. The lowest BCUT2D eigenvalue weighted by molar-refractivity contribution is -0.0509. The molecule has 26 heavy (non-hydrogen) atoms. The summed E-state index contributed by atoms with van der Waals surface area (Å²) in [5.41, 5.74) is -0.597. The summed E-state index contributed by atoms with van der Waals surface area (Å²) in [7, 11) is 0. The molecule has 0 amide bonds. The second-order valence-electron chi connectivity index (χ2n) is 6.44. The van der Waals surface area contributed by atoms with Gasteiger partial charge in [-0.15, -0.1) is 0 Å². The first-order valence-electron chi connectivity index (χ1n) is 8.78. The molecule has 0 radical (unpaired) electrons. The minimum Gasteiger partial charge on any atom is -0.394 e.